The van der Waals surface area contributed by atoms with Crippen molar-refractivity contribution in [2.45, 2.75) is 11.3 Å². The van der Waals surface area contributed by atoms with Crippen LogP contribution in [0.2, 0.25) is 0 Å². The normalized spacial score (nSPS) is 11.1. The first-order valence-corrected chi connectivity index (χ1v) is 7.03. The van der Waals surface area contributed by atoms with E-state index >= 15 is 0 Å². The third-order valence-corrected chi connectivity index (χ3v) is 4.47. The summed E-state index contributed by atoms with van der Waals surface area (Å²) in [7, 11) is -1.37. The molecule has 1 rings (SSSR count). The van der Waals surface area contributed by atoms with Gasteiger partial charge in [-0.1, -0.05) is 0 Å². The van der Waals surface area contributed by atoms with Gasteiger partial charge >= 0.3 is 5.97 Å². The monoisotopic (exact) mass is 298 g/mol. The van der Waals surface area contributed by atoms with E-state index in [1.165, 1.54) is 13.1 Å². The fourth-order valence-electron chi connectivity index (χ4n) is 1.46. The molecule has 1 N–H and O–H groups in total. The molecule has 1 aromatic rings. The summed E-state index contributed by atoms with van der Waals surface area (Å²) in [6, 6.07) is 5.18. The SMILES string of the molecule is COC(=O)c1cc(S(=O)(=O)N(C)CCC#N)ccc1O. The largest absolute Gasteiger partial charge is 0.507 e. The van der Waals surface area contributed by atoms with Gasteiger partial charge in [0.1, 0.15) is 11.3 Å². The number of methoxy groups -OCH3 is 1. The maximum absolute atomic E-state index is 12.2. The minimum atomic E-state index is -3.83. The standard InChI is InChI=1S/C12H14N2O5S/c1-14(7-3-6-13)20(17,18)9-4-5-11(15)10(8-9)12(16)19-2/h4-5,8,15H,3,7H2,1-2H3. The van der Waals surface area contributed by atoms with E-state index in [2.05, 4.69) is 4.74 Å². The fourth-order valence-corrected chi connectivity index (χ4v) is 2.65. The molecule has 0 bridgehead atoms. The first-order valence-electron chi connectivity index (χ1n) is 5.59. The van der Waals surface area contributed by atoms with Crippen LogP contribution < -0.4 is 0 Å². The van der Waals surface area contributed by atoms with Crippen LogP contribution in [-0.2, 0) is 14.8 Å². The lowest BCUT2D eigenvalue weighted by Gasteiger charge is -2.16. The lowest BCUT2D eigenvalue weighted by atomic mass is 10.2. The number of rotatable bonds is 5. The number of benzene rings is 1. The van der Waals surface area contributed by atoms with Gasteiger partial charge in [0.25, 0.3) is 0 Å². The third kappa shape index (κ3) is 3.26. The molecule has 0 aliphatic carbocycles. The predicted molar refractivity (Wildman–Crippen MR) is 69.5 cm³/mol. The second-order valence-corrected chi connectivity index (χ2v) is 5.95. The maximum Gasteiger partial charge on any atom is 0.341 e. The Balaban J connectivity index is 3.20. The molecular formula is C12H14N2O5S. The quantitative estimate of drug-likeness (QED) is 0.802. The molecule has 0 amide bonds. The molecular weight excluding hydrogens is 284 g/mol. The van der Waals surface area contributed by atoms with Crippen LogP contribution in [0.15, 0.2) is 23.1 Å². The molecule has 0 aliphatic rings. The lowest BCUT2D eigenvalue weighted by Crippen LogP contribution is -2.28. The highest BCUT2D eigenvalue weighted by atomic mass is 32.2. The van der Waals surface area contributed by atoms with Crippen LogP contribution in [0.5, 0.6) is 5.75 Å². The minimum Gasteiger partial charge on any atom is -0.507 e. The van der Waals surface area contributed by atoms with E-state index in [0.29, 0.717) is 0 Å². The zero-order valence-corrected chi connectivity index (χ0v) is 11.8. The van der Waals surface area contributed by atoms with E-state index in [1.807, 2.05) is 6.07 Å². The van der Waals surface area contributed by atoms with Gasteiger partial charge in [-0.15, -0.1) is 0 Å². The Hall–Kier alpha value is -2.11. The van der Waals surface area contributed by atoms with Crippen molar-refractivity contribution in [3.05, 3.63) is 23.8 Å². The van der Waals surface area contributed by atoms with Gasteiger partial charge < -0.3 is 9.84 Å². The smallest absolute Gasteiger partial charge is 0.341 e. The van der Waals surface area contributed by atoms with E-state index in [4.69, 9.17) is 5.26 Å². The predicted octanol–water partition coefficient (Wildman–Crippen LogP) is 0.713. The Morgan fingerprint density at radius 3 is 2.70 bits per heavy atom. The van der Waals surface area contributed by atoms with E-state index in [9.17, 15) is 18.3 Å². The van der Waals surface area contributed by atoms with Gasteiger partial charge in [-0.3, -0.25) is 0 Å². The van der Waals surface area contributed by atoms with Gasteiger partial charge in [0, 0.05) is 20.0 Å². The van der Waals surface area contributed by atoms with Crippen molar-refractivity contribution in [2.24, 2.45) is 0 Å². The molecule has 0 unspecified atom stereocenters. The number of carbonyl (C=O) groups excluding carboxylic acids is 1. The van der Waals surface area contributed by atoms with E-state index in [1.54, 1.807) is 0 Å². The van der Waals surface area contributed by atoms with Gasteiger partial charge in [0.15, 0.2) is 0 Å². The zero-order chi connectivity index (χ0) is 15.3. The number of sulfonamides is 1. The second-order valence-electron chi connectivity index (χ2n) is 3.91. The zero-order valence-electron chi connectivity index (χ0n) is 11.0. The van der Waals surface area contributed by atoms with Crippen LogP contribution in [0.4, 0.5) is 0 Å². The fraction of sp³-hybridized carbons (Fsp3) is 0.333. The Morgan fingerprint density at radius 2 is 2.15 bits per heavy atom. The summed E-state index contributed by atoms with van der Waals surface area (Å²) in [6.45, 7) is 0.0350. The van der Waals surface area contributed by atoms with Crippen molar-refractivity contribution in [1.82, 2.24) is 4.31 Å². The summed E-state index contributed by atoms with van der Waals surface area (Å²) in [5, 5.41) is 18.0. The summed E-state index contributed by atoms with van der Waals surface area (Å²) in [5.74, 6) is -1.20. The summed E-state index contributed by atoms with van der Waals surface area (Å²) < 4.78 is 29.9. The number of phenolic OH excluding ortho intramolecular Hbond substituents is 1. The lowest BCUT2D eigenvalue weighted by molar-refractivity contribution is 0.0597. The van der Waals surface area contributed by atoms with Crippen LogP contribution >= 0.6 is 0 Å². The Bertz CT molecular complexity index is 648. The van der Waals surface area contributed by atoms with Crippen molar-refractivity contribution in [2.75, 3.05) is 20.7 Å². The van der Waals surface area contributed by atoms with Gasteiger partial charge in [-0.05, 0) is 18.2 Å². The number of aromatic hydroxyl groups is 1. The molecule has 8 heteroatoms. The summed E-state index contributed by atoms with van der Waals surface area (Å²) in [4.78, 5) is 11.3. The van der Waals surface area contributed by atoms with Crippen LogP contribution in [0.1, 0.15) is 16.8 Å². The molecule has 20 heavy (non-hydrogen) atoms. The average Bonchev–Trinajstić information content (AvgIpc) is 2.43. The van der Waals surface area contributed by atoms with Crippen molar-refractivity contribution in [3.63, 3.8) is 0 Å². The van der Waals surface area contributed by atoms with Crippen LogP contribution in [0.25, 0.3) is 0 Å². The highest BCUT2D eigenvalue weighted by molar-refractivity contribution is 7.89. The topological polar surface area (TPSA) is 108 Å². The Kier molecular flexibility index (Phi) is 5.07. The minimum absolute atomic E-state index is 0.0350. The van der Waals surface area contributed by atoms with Gasteiger partial charge in [0.2, 0.25) is 10.0 Å². The average molecular weight is 298 g/mol. The molecule has 0 heterocycles. The molecule has 0 aromatic heterocycles. The maximum atomic E-state index is 12.2. The summed E-state index contributed by atoms with van der Waals surface area (Å²) in [5.41, 5.74) is -0.234. The number of esters is 1. The van der Waals surface area contributed by atoms with Crippen molar-refractivity contribution >= 4 is 16.0 Å². The molecule has 0 saturated carbocycles. The van der Waals surface area contributed by atoms with Crippen LogP contribution in [-0.4, -0.2) is 44.5 Å². The van der Waals surface area contributed by atoms with Crippen molar-refractivity contribution < 1.29 is 23.1 Å². The number of ether oxygens (including phenoxy) is 1. The van der Waals surface area contributed by atoms with E-state index in [0.717, 1.165) is 23.5 Å². The molecule has 0 aliphatic heterocycles. The number of nitriles is 1. The summed E-state index contributed by atoms with van der Waals surface area (Å²) in [6.07, 6.45) is 0.0532. The summed E-state index contributed by atoms with van der Waals surface area (Å²) >= 11 is 0. The third-order valence-electron chi connectivity index (χ3n) is 2.62. The van der Waals surface area contributed by atoms with Gasteiger partial charge in [-0.2, -0.15) is 9.57 Å². The first-order chi connectivity index (χ1) is 9.34. The second kappa shape index (κ2) is 6.36. The van der Waals surface area contributed by atoms with Crippen molar-refractivity contribution in [3.8, 4) is 11.8 Å². The van der Waals surface area contributed by atoms with E-state index < -0.39 is 16.0 Å². The molecule has 1 aromatic carbocycles. The highest BCUT2D eigenvalue weighted by Crippen LogP contribution is 2.23. The molecule has 0 atom stereocenters. The Labute approximate surface area is 117 Å². The van der Waals surface area contributed by atoms with Gasteiger partial charge in [-0.25, -0.2) is 13.2 Å². The Morgan fingerprint density at radius 1 is 1.50 bits per heavy atom. The van der Waals surface area contributed by atoms with Crippen LogP contribution in [0.3, 0.4) is 0 Å². The van der Waals surface area contributed by atoms with Gasteiger partial charge in [0.05, 0.1) is 18.1 Å². The first kappa shape index (κ1) is 15.9. The number of phenols is 1. The highest BCUT2D eigenvalue weighted by Gasteiger charge is 2.23. The van der Waals surface area contributed by atoms with Crippen LogP contribution in [0, 0.1) is 11.3 Å². The molecule has 0 fully saturated rings. The van der Waals surface area contributed by atoms with Crippen molar-refractivity contribution in [1.29, 1.82) is 5.26 Å². The number of hydrogen-bond donors (Lipinski definition) is 1. The molecule has 0 spiro atoms. The molecule has 108 valence electrons. The number of nitrogens with zero attached hydrogens (tertiary/aromatic N) is 2. The molecule has 0 saturated heterocycles. The van der Waals surface area contributed by atoms with E-state index in [-0.39, 0.29) is 29.2 Å². The number of hydrogen-bond acceptors (Lipinski definition) is 6. The molecule has 0 radical (unpaired) electrons. The number of carbonyl (C=O) groups is 1. The molecule has 7 nitrogen and oxygen atoms in total.